The van der Waals surface area contributed by atoms with Gasteiger partial charge in [-0.2, -0.15) is 0 Å². The Morgan fingerprint density at radius 3 is 2.72 bits per heavy atom. The number of carbonyl (C=O) groups excluding carboxylic acids is 1. The summed E-state index contributed by atoms with van der Waals surface area (Å²) in [5.41, 5.74) is 0.584. The molecule has 0 amide bonds. The molecule has 0 N–H and O–H groups in total. The van der Waals surface area contributed by atoms with Crippen molar-refractivity contribution in [2.24, 2.45) is 0 Å². The first-order chi connectivity index (χ1) is 8.49. The number of Topliss-reactive ketones (excluding diaryl/α,β-unsaturated/α-hetero) is 1. The molecule has 0 saturated heterocycles. The van der Waals surface area contributed by atoms with Crippen LogP contribution in [0.25, 0.3) is 0 Å². The van der Waals surface area contributed by atoms with Crippen LogP contribution >= 0.6 is 11.6 Å². The average molecular weight is 281 g/mol. The second kappa shape index (κ2) is 7.38. The topological polar surface area (TPSA) is 26.3 Å². The zero-order valence-electron chi connectivity index (χ0n) is 9.47. The Bertz CT molecular complexity index is 410. The summed E-state index contributed by atoms with van der Waals surface area (Å²) in [5.74, 6) is -0.722. The van der Waals surface area contributed by atoms with Crippen LogP contribution in [-0.2, 0) is 16.0 Å². The summed E-state index contributed by atoms with van der Waals surface area (Å²) in [5, 5.41) is -0.0470. The van der Waals surface area contributed by atoms with Crippen molar-refractivity contribution in [3.63, 3.8) is 0 Å². The van der Waals surface area contributed by atoms with Crippen LogP contribution in [0.2, 0.25) is 5.02 Å². The Morgan fingerprint density at radius 1 is 1.39 bits per heavy atom. The van der Waals surface area contributed by atoms with E-state index >= 15 is 0 Å². The molecule has 1 aromatic rings. The van der Waals surface area contributed by atoms with Crippen molar-refractivity contribution in [1.29, 1.82) is 0 Å². The number of halogens is 4. The lowest BCUT2D eigenvalue weighted by Crippen LogP contribution is -2.10. The molecule has 1 rings (SSSR count). The maximum Gasteiger partial charge on any atom is 0.261 e. The predicted octanol–water partition coefficient (Wildman–Crippen LogP) is 3.26. The number of rotatable bonds is 7. The minimum Gasteiger partial charge on any atom is -0.375 e. The van der Waals surface area contributed by atoms with Gasteiger partial charge in [-0.25, -0.2) is 13.2 Å². The largest absolute Gasteiger partial charge is 0.375 e. The van der Waals surface area contributed by atoms with Gasteiger partial charge in [0.1, 0.15) is 18.2 Å². The van der Waals surface area contributed by atoms with Gasteiger partial charge in [-0.1, -0.05) is 17.7 Å². The second-order valence-electron chi connectivity index (χ2n) is 3.68. The normalized spacial score (nSPS) is 10.9. The van der Waals surface area contributed by atoms with Gasteiger partial charge < -0.3 is 4.74 Å². The van der Waals surface area contributed by atoms with Gasteiger partial charge in [0.05, 0.1) is 11.6 Å². The summed E-state index contributed by atoms with van der Waals surface area (Å²) in [6.45, 7) is -0.715. The third-order valence-corrected chi connectivity index (χ3v) is 2.44. The van der Waals surface area contributed by atoms with Crippen molar-refractivity contribution in [3.05, 3.63) is 34.6 Å². The molecular formula is C12H12ClF3O2. The lowest BCUT2D eigenvalue weighted by molar-refractivity contribution is -0.119. The highest BCUT2D eigenvalue weighted by Gasteiger charge is 2.08. The molecule has 0 heterocycles. The smallest absolute Gasteiger partial charge is 0.261 e. The molecule has 0 spiro atoms. The van der Waals surface area contributed by atoms with E-state index in [1.54, 1.807) is 0 Å². The Morgan fingerprint density at radius 2 is 2.11 bits per heavy atom. The zero-order valence-corrected chi connectivity index (χ0v) is 10.2. The van der Waals surface area contributed by atoms with E-state index < -0.39 is 18.8 Å². The molecule has 0 aliphatic heterocycles. The molecule has 0 atom stereocenters. The molecule has 0 bridgehead atoms. The fourth-order valence-electron chi connectivity index (χ4n) is 1.32. The van der Waals surface area contributed by atoms with Crippen molar-refractivity contribution >= 4 is 17.4 Å². The molecule has 0 aliphatic carbocycles. The number of ether oxygens (including phenoxy) is 1. The summed E-state index contributed by atoms with van der Waals surface area (Å²) >= 11 is 5.56. The lowest BCUT2D eigenvalue weighted by atomic mass is 10.1. The van der Waals surface area contributed by atoms with Gasteiger partial charge >= 0.3 is 0 Å². The van der Waals surface area contributed by atoms with Crippen molar-refractivity contribution in [2.75, 3.05) is 13.2 Å². The van der Waals surface area contributed by atoms with E-state index in [9.17, 15) is 18.0 Å². The van der Waals surface area contributed by atoms with Crippen LogP contribution in [0, 0.1) is 5.82 Å². The van der Waals surface area contributed by atoms with Crippen LogP contribution in [-0.4, -0.2) is 25.4 Å². The van der Waals surface area contributed by atoms with Crippen molar-refractivity contribution in [1.82, 2.24) is 0 Å². The van der Waals surface area contributed by atoms with Gasteiger partial charge in [0.15, 0.2) is 0 Å². The molecule has 0 aromatic heterocycles. The van der Waals surface area contributed by atoms with E-state index in [-0.39, 0.29) is 30.3 Å². The fourth-order valence-corrected chi connectivity index (χ4v) is 1.53. The second-order valence-corrected chi connectivity index (χ2v) is 4.09. The number of hydrogen-bond acceptors (Lipinski definition) is 2. The summed E-state index contributed by atoms with van der Waals surface area (Å²) in [4.78, 5) is 11.4. The first-order valence-electron chi connectivity index (χ1n) is 5.30. The highest BCUT2D eigenvalue weighted by molar-refractivity contribution is 6.30. The van der Waals surface area contributed by atoms with Crippen LogP contribution in [0.5, 0.6) is 0 Å². The van der Waals surface area contributed by atoms with Gasteiger partial charge in [-0.3, -0.25) is 4.79 Å². The quantitative estimate of drug-likeness (QED) is 0.717. The van der Waals surface area contributed by atoms with E-state index in [0.717, 1.165) is 0 Å². The zero-order chi connectivity index (χ0) is 13.5. The van der Waals surface area contributed by atoms with Gasteiger partial charge in [-0.15, -0.1) is 0 Å². The summed E-state index contributed by atoms with van der Waals surface area (Å²) in [6.07, 6.45) is -2.41. The Kier molecular flexibility index (Phi) is 6.15. The number of benzene rings is 1. The van der Waals surface area contributed by atoms with E-state index in [1.807, 2.05) is 0 Å². The highest BCUT2D eigenvalue weighted by atomic mass is 35.5. The molecule has 0 unspecified atom stereocenters. The van der Waals surface area contributed by atoms with Crippen molar-refractivity contribution < 1.29 is 22.7 Å². The first-order valence-corrected chi connectivity index (χ1v) is 5.68. The highest BCUT2D eigenvalue weighted by Crippen LogP contribution is 2.16. The summed E-state index contributed by atoms with van der Waals surface area (Å²) < 4.78 is 40.9. The SMILES string of the molecule is O=C(CCOCC(F)F)Cc1ccc(F)c(Cl)c1. The Labute approximate surface area is 108 Å². The molecular weight excluding hydrogens is 269 g/mol. The molecule has 100 valence electrons. The Balaban J connectivity index is 2.33. The molecule has 6 heteroatoms. The van der Waals surface area contributed by atoms with E-state index in [2.05, 4.69) is 4.74 Å². The van der Waals surface area contributed by atoms with E-state index in [0.29, 0.717) is 5.56 Å². The van der Waals surface area contributed by atoms with Gasteiger partial charge in [-0.05, 0) is 17.7 Å². The van der Waals surface area contributed by atoms with Crippen LogP contribution in [0.4, 0.5) is 13.2 Å². The fraction of sp³-hybridized carbons (Fsp3) is 0.417. The van der Waals surface area contributed by atoms with Crippen LogP contribution in [0.15, 0.2) is 18.2 Å². The van der Waals surface area contributed by atoms with Gasteiger partial charge in [0.25, 0.3) is 6.43 Å². The first kappa shape index (κ1) is 15.0. The molecule has 1 aromatic carbocycles. The summed E-state index contributed by atoms with van der Waals surface area (Å²) in [6, 6.07) is 4.01. The predicted molar refractivity (Wildman–Crippen MR) is 61.6 cm³/mol. The third kappa shape index (κ3) is 5.51. The average Bonchev–Trinajstić information content (AvgIpc) is 2.29. The van der Waals surface area contributed by atoms with Crippen molar-refractivity contribution in [3.8, 4) is 0 Å². The Hall–Kier alpha value is -1.07. The number of carbonyl (C=O) groups is 1. The van der Waals surface area contributed by atoms with Crippen LogP contribution < -0.4 is 0 Å². The molecule has 0 aliphatic rings. The molecule has 2 nitrogen and oxygen atoms in total. The van der Waals surface area contributed by atoms with E-state index in [1.165, 1.54) is 18.2 Å². The van der Waals surface area contributed by atoms with E-state index in [4.69, 9.17) is 11.6 Å². The molecule has 18 heavy (non-hydrogen) atoms. The monoisotopic (exact) mass is 280 g/mol. The van der Waals surface area contributed by atoms with Gasteiger partial charge in [0, 0.05) is 12.8 Å². The number of ketones is 1. The minimum atomic E-state index is -2.53. The third-order valence-electron chi connectivity index (χ3n) is 2.15. The minimum absolute atomic E-state index is 0.0434. The number of alkyl halides is 2. The molecule has 0 saturated carbocycles. The van der Waals surface area contributed by atoms with Crippen molar-refractivity contribution in [2.45, 2.75) is 19.3 Å². The maximum atomic E-state index is 12.9. The standard InChI is InChI=1S/C12H12ClF3O2/c13-10-6-8(1-2-11(10)14)5-9(17)3-4-18-7-12(15)16/h1-2,6,12H,3-5,7H2. The molecule has 0 radical (unpaired) electrons. The van der Waals surface area contributed by atoms with Crippen LogP contribution in [0.1, 0.15) is 12.0 Å². The summed E-state index contributed by atoms with van der Waals surface area (Å²) in [7, 11) is 0. The lowest BCUT2D eigenvalue weighted by Gasteiger charge is -2.04. The number of hydrogen-bond donors (Lipinski definition) is 0. The van der Waals surface area contributed by atoms with Crippen LogP contribution in [0.3, 0.4) is 0 Å². The molecule has 0 fully saturated rings. The van der Waals surface area contributed by atoms with Gasteiger partial charge in [0.2, 0.25) is 0 Å². The maximum absolute atomic E-state index is 12.9.